The van der Waals surface area contributed by atoms with Gasteiger partial charge in [-0.15, -0.1) is 0 Å². The first-order chi connectivity index (χ1) is 6.29. The Balaban J connectivity index is -0.000000845. The largest absolute Gasteiger partial charge is 0.462 e. The maximum atomic E-state index is 11.2. The van der Waals surface area contributed by atoms with Gasteiger partial charge >= 0.3 is 11.9 Å². The summed E-state index contributed by atoms with van der Waals surface area (Å²) in [5.74, 6) is -2.46. The van der Waals surface area contributed by atoms with Crippen molar-refractivity contribution in [3.8, 4) is 0 Å². The molecule has 2 amide bonds. The van der Waals surface area contributed by atoms with Gasteiger partial charge in [-0.3, -0.25) is 20.4 Å². The molecule has 0 fully saturated rings. The van der Waals surface area contributed by atoms with E-state index in [0.29, 0.717) is 0 Å². The summed E-state index contributed by atoms with van der Waals surface area (Å²) in [6.07, 6.45) is 0. The van der Waals surface area contributed by atoms with Crippen LogP contribution in [0.25, 0.3) is 0 Å². The van der Waals surface area contributed by atoms with Crippen LogP contribution in [-0.4, -0.2) is 24.9 Å². The van der Waals surface area contributed by atoms with Crippen molar-refractivity contribution in [1.82, 2.24) is 10.9 Å². The number of hydrogen-bond donors (Lipinski definition) is 2. The number of amides is 2. The van der Waals surface area contributed by atoms with Gasteiger partial charge in [0.05, 0.1) is 7.11 Å². The van der Waals surface area contributed by atoms with Gasteiger partial charge in [0, 0.05) is 8.27 Å². The average molecular weight is 206 g/mol. The van der Waals surface area contributed by atoms with E-state index in [1.807, 2.05) is 5.43 Å². The highest BCUT2D eigenvalue weighted by atomic mass is 16.5. The van der Waals surface area contributed by atoms with Crippen LogP contribution in [0.15, 0.2) is 0 Å². The lowest BCUT2D eigenvalue weighted by Gasteiger charge is -2.17. The number of methoxy groups -OCH3 is 1. The molecule has 0 aliphatic carbocycles. The number of ether oxygens (including phenoxy) is 1. The van der Waals surface area contributed by atoms with E-state index < -0.39 is 23.2 Å². The Morgan fingerprint density at radius 1 is 1.14 bits per heavy atom. The van der Waals surface area contributed by atoms with Gasteiger partial charge in [0.25, 0.3) is 0 Å². The lowest BCUT2D eigenvalue weighted by molar-refractivity contribution is -0.153. The number of hydrogen-bond acceptors (Lipinski definition) is 4. The zero-order valence-electron chi connectivity index (χ0n) is 8.63. The van der Waals surface area contributed by atoms with Gasteiger partial charge in [-0.05, 0) is 0 Å². The van der Waals surface area contributed by atoms with Crippen molar-refractivity contribution >= 4 is 17.8 Å². The normalized spacial score (nSPS) is 10.3. The number of hydrazine groups is 1. The maximum absolute atomic E-state index is 11.2. The predicted molar refractivity (Wildman–Crippen MR) is 52.0 cm³/mol. The molecule has 14 heavy (non-hydrogen) atoms. The van der Waals surface area contributed by atoms with E-state index in [0.717, 1.165) is 7.11 Å². The molecule has 0 saturated heterocycles. The third kappa shape index (κ3) is 3.88. The highest BCUT2D eigenvalue weighted by Crippen LogP contribution is 2.11. The van der Waals surface area contributed by atoms with Crippen LogP contribution in [-0.2, 0) is 19.1 Å². The first-order valence-electron chi connectivity index (χ1n) is 3.97. The van der Waals surface area contributed by atoms with Crippen LogP contribution in [0.4, 0.5) is 0 Å². The monoisotopic (exact) mass is 206 g/mol. The van der Waals surface area contributed by atoms with Crippen LogP contribution in [0, 0.1) is 5.41 Å². The second-order valence-electron chi connectivity index (χ2n) is 3.65. The summed E-state index contributed by atoms with van der Waals surface area (Å²) >= 11 is 0. The standard InChI is InChI=1S/C8H14N2O4.2H2/c1-8(2,3)7(13)10-9-5(11)6(12)14-4;;/h1-4H3,(H,9,11)(H,10,13);2*1H. The van der Waals surface area contributed by atoms with Crippen molar-refractivity contribution in [2.24, 2.45) is 5.41 Å². The molecule has 6 heteroatoms. The summed E-state index contributed by atoms with van der Waals surface area (Å²) in [7, 11) is 1.08. The van der Waals surface area contributed by atoms with Gasteiger partial charge in [0.1, 0.15) is 0 Å². The van der Waals surface area contributed by atoms with Gasteiger partial charge < -0.3 is 4.74 Å². The number of carbonyl (C=O) groups is 3. The van der Waals surface area contributed by atoms with Crippen molar-refractivity contribution in [3.05, 3.63) is 0 Å². The van der Waals surface area contributed by atoms with Crippen molar-refractivity contribution < 1.29 is 22.0 Å². The topological polar surface area (TPSA) is 84.5 Å². The molecule has 0 spiro atoms. The molecule has 0 heterocycles. The zero-order chi connectivity index (χ0) is 11.4. The van der Waals surface area contributed by atoms with E-state index in [2.05, 4.69) is 10.2 Å². The molecule has 2 N–H and O–H groups in total. The van der Waals surface area contributed by atoms with Gasteiger partial charge in [0.15, 0.2) is 0 Å². The molecule has 0 atom stereocenters. The second kappa shape index (κ2) is 4.59. The molecule has 6 nitrogen and oxygen atoms in total. The zero-order valence-corrected chi connectivity index (χ0v) is 8.63. The van der Waals surface area contributed by atoms with E-state index in [9.17, 15) is 14.4 Å². The minimum Gasteiger partial charge on any atom is -0.462 e. The van der Waals surface area contributed by atoms with Crippen LogP contribution in [0.2, 0.25) is 0 Å². The number of carbonyl (C=O) groups excluding carboxylic acids is 3. The van der Waals surface area contributed by atoms with Crippen molar-refractivity contribution in [2.75, 3.05) is 7.11 Å². The quantitative estimate of drug-likeness (QED) is 0.328. The highest BCUT2D eigenvalue weighted by molar-refractivity contribution is 6.32. The van der Waals surface area contributed by atoms with E-state index in [1.54, 1.807) is 20.8 Å². The fraction of sp³-hybridized carbons (Fsp3) is 0.625. The minimum absolute atomic E-state index is 0. The molecular formula is C8H18N2O4. The second-order valence-corrected chi connectivity index (χ2v) is 3.65. The molecule has 0 radical (unpaired) electrons. The summed E-state index contributed by atoms with van der Waals surface area (Å²) in [5.41, 5.74) is 3.39. The molecule has 84 valence electrons. The van der Waals surface area contributed by atoms with E-state index >= 15 is 0 Å². The smallest absolute Gasteiger partial charge is 0.398 e. The predicted octanol–water partition coefficient (Wildman–Crippen LogP) is -0.155. The Kier molecular flexibility index (Phi) is 4.07. The summed E-state index contributed by atoms with van der Waals surface area (Å²) in [6.45, 7) is 5.02. The van der Waals surface area contributed by atoms with Gasteiger partial charge in [-0.25, -0.2) is 4.79 Å². The Hall–Kier alpha value is -1.59. The summed E-state index contributed by atoms with van der Waals surface area (Å²) < 4.78 is 4.13. The fourth-order valence-electron chi connectivity index (χ4n) is 0.445. The molecule has 0 aromatic rings. The Morgan fingerprint density at radius 2 is 1.64 bits per heavy atom. The highest BCUT2D eigenvalue weighted by Gasteiger charge is 2.22. The number of esters is 1. The number of nitrogens with one attached hydrogen (secondary N) is 2. The molecule has 0 bridgehead atoms. The van der Waals surface area contributed by atoms with Crippen LogP contribution >= 0.6 is 0 Å². The Morgan fingerprint density at radius 3 is 2.00 bits per heavy atom. The SMILES string of the molecule is COC(=O)C(=O)NNC(=O)C(C)(C)C.[HH].[HH]. The van der Waals surface area contributed by atoms with Crippen molar-refractivity contribution in [1.29, 1.82) is 0 Å². The molecule has 0 aromatic carbocycles. The molecule has 0 aliphatic rings. The number of rotatable bonds is 0. The fourth-order valence-corrected chi connectivity index (χ4v) is 0.445. The van der Waals surface area contributed by atoms with Crippen molar-refractivity contribution in [3.63, 3.8) is 0 Å². The first-order valence-corrected chi connectivity index (χ1v) is 3.97. The van der Waals surface area contributed by atoms with E-state index in [-0.39, 0.29) is 2.85 Å². The summed E-state index contributed by atoms with van der Waals surface area (Å²) in [6, 6.07) is 0. The van der Waals surface area contributed by atoms with Gasteiger partial charge in [-0.1, -0.05) is 20.8 Å². The van der Waals surface area contributed by atoms with E-state index in [1.165, 1.54) is 0 Å². The van der Waals surface area contributed by atoms with E-state index in [4.69, 9.17) is 0 Å². The molecule has 0 aliphatic heterocycles. The Bertz CT molecular complexity index is 263. The molecule has 0 rings (SSSR count). The van der Waals surface area contributed by atoms with Crippen LogP contribution < -0.4 is 10.9 Å². The molecule has 0 aromatic heterocycles. The average Bonchev–Trinajstić information content (AvgIpc) is 2.10. The summed E-state index contributed by atoms with van der Waals surface area (Å²) in [4.78, 5) is 32.6. The van der Waals surface area contributed by atoms with Crippen LogP contribution in [0.3, 0.4) is 0 Å². The Labute approximate surface area is 84.9 Å². The third-order valence-corrected chi connectivity index (χ3v) is 1.34. The maximum Gasteiger partial charge on any atom is 0.398 e. The first kappa shape index (κ1) is 12.4. The molecule has 0 unspecified atom stereocenters. The summed E-state index contributed by atoms with van der Waals surface area (Å²) in [5, 5.41) is 0. The van der Waals surface area contributed by atoms with Gasteiger partial charge in [-0.2, -0.15) is 0 Å². The van der Waals surface area contributed by atoms with Crippen LogP contribution in [0.5, 0.6) is 0 Å². The van der Waals surface area contributed by atoms with Crippen molar-refractivity contribution in [2.45, 2.75) is 20.8 Å². The molecular weight excluding hydrogens is 188 g/mol. The molecule has 0 saturated carbocycles. The lowest BCUT2D eigenvalue weighted by atomic mass is 9.96. The third-order valence-electron chi connectivity index (χ3n) is 1.34. The van der Waals surface area contributed by atoms with Gasteiger partial charge in [0.2, 0.25) is 5.91 Å². The van der Waals surface area contributed by atoms with Crippen LogP contribution in [0.1, 0.15) is 23.6 Å². The minimum atomic E-state index is -1.06. The lowest BCUT2D eigenvalue weighted by Crippen LogP contribution is -2.49.